The molecule has 0 unspecified atom stereocenters. The molecule has 0 aliphatic carbocycles. The SMILES string of the molecule is OCc1ccncc1Oc1cccc2cccnc12. The smallest absolute Gasteiger partial charge is 0.153 e. The molecule has 94 valence electrons. The van der Waals surface area contributed by atoms with Crippen LogP contribution in [0.25, 0.3) is 10.9 Å². The minimum Gasteiger partial charge on any atom is -0.453 e. The molecule has 0 bridgehead atoms. The summed E-state index contributed by atoms with van der Waals surface area (Å²) in [6, 6.07) is 11.3. The van der Waals surface area contributed by atoms with Crippen molar-refractivity contribution in [1.29, 1.82) is 0 Å². The van der Waals surface area contributed by atoms with Gasteiger partial charge in [-0.25, -0.2) is 0 Å². The monoisotopic (exact) mass is 252 g/mol. The minimum atomic E-state index is -0.0873. The number of hydrogen-bond donors (Lipinski definition) is 1. The summed E-state index contributed by atoms with van der Waals surface area (Å²) in [5.74, 6) is 1.20. The van der Waals surface area contributed by atoms with Gasteiger partial charge in [-0.3, -0.25) is 9.97 Å². The van der Waals surface area contributed by atoms with Crippen LogP contribution >= 0.6 is 0 Å². The number of para-hydroxylation sites is 1. The lowest BCUT2D eigenvalue weighted by molar-refractivity contribution is 0.276. The number of rotatable bonds is 3. The van der Waals surface area contributed by atoms with Crippen molar-refractivity contribution in [3.8, 4) is 11.5 Å². The van der Waals surface area contributed by atoms with Crippen molar-refractivity contribution in [3.05, 3.63) is 60.6 Å². The van der Waals surface area contributed by atoms with Crippen molar-refractivity contribution in [2.24, 2.45) is 0 Å². The number of pyridine rings is 2. The van der Waals surface area contributed by atoms with Crippen LogP contribution in [0.5, 0.6) is 11.5 Å². The van der Waals surface area contributed by atoms with Gasteiger partial charge in [-0.1, -0.05) is 18.2 Å². The third kappa shape index (κ3) is 2.26. The van der Waals surface area contributed by atoms with Crippen molar-refractivity contribution in [3.63, 3.8) is 0 Å². The highest BCUT2D eigenvalue weighted by Gasteiger charge is 2.07. The second kappa shape index (κ2) is 5.04. The van der Waals surface area contributed by atoms with Gasteiger partial charge >= 0.3 is 0 Å². The van der Waals surface area contributed by atoms with E-state index in [-0.39, 0.29) is 6.61 Å². The van der Waals surface area contributed by atoms with Gasteiger partial charge in [-0.15, -0.1) is 0 Å². The molecule has 4 heteroatoms. The van der Waals surface area contributed by atoms with Gasteiger partial charge in [-0.2, -0.15) is 0 Å². The van der Waals surface area contributed by atoms with Gasteiger partial charge in [0, 0.05) is 23.3 Å². The van der Waals surface area contributed by atoms with Crippen LogP contribution in [0, 0.1) is 0 Å². The Labute approximate surface area is 110 Å². The summed E-state index contributed by atoms with van der Waals surface area (Å²) in [6.45, 7) is -0.0873. The van der Waals surface area contributed by atoms with E-state index in [1.807, 2.05) is 30.3 Å². The van der Waals surface area contributed by atoms with Gasteiger partial charge in [0.2, 0.25) is 0 Å². The van der Waals surface area contributed by atoms with Crippen molar-refractivity contribution >= 4 is 10.9 Å². The van der Waals surface area contributed by atoms with E-state index >= 15 is 0 Å². The number of aromatic nitrogens is 2. The molecule has 0 amide bonds. The third-order valence-corrected chi connectivity index (χ3v) is 2.86. The molecule has 3 rings (SSSR count). The van der Waals surface area contributed by atoms with Crippen molar-refractivity contribution in [2.75, 3.05) is 0 Å². The number of ether oxygens (including phenoxy) is 1. The Morgan fingerprint density at radius 3 is 2.79 bits per heavy atom. The molecule has 2 aromatic heterocycles. The summed E-state index contributed by atoms with van der Waals surface area (Å²) >= 11 is 0. The van der Waals surface area contributed by atoms with E-state index in [2.05, 4.69) is 9.97 Å². The Hall–Kier alpha value is -2.46. The number of benzene rings is 1. The highest BCUT2D eigenvalue weighted by molar-refractivity contribution is 5.84. The van der Waals surface area contributed by atoms with Crippen molar-refractivity contribution in [2.45, 2.75) is 6.61 Å². The van der Waals surface area contributed by atoms with Gasteiger partial charge < -0.3 is 9.84 Å². The highest BCUT2D eigenvalue weighted by Crippen LogP contribution is 2.29. The summed E-state index contributed by atoms with van der Waals surface area (Å²) in [7, 11) is 0. The fraction of sp³-hybridized carbons (Fsp3) is 0.0667. The first-order chi connectivity index (χ1) is 9.38. The summed E-state index contributed by atoms with van der Waals surface area (Å²) in [5, 5.41) is 10.3. The standard InChI is InChI=1S/C15H12N2O2/c18-10-12-6-8-16-9-14(12)19-13-5-1-3-11-4-2-7-17-15(11)13/h1-9,18H,10H2. The molecule has 1 N–H and O–H groups in total. The number of aliphatic hydroxyl groups excluding tert-OH is 1. The second-order valence-electron chi connectivity index (χ2n) is 4.07. The Morgan fingerprint density at radius 2 is 1.89 bits per heavy atom. The quantitative estimate of drug-likeness (QED) is 0.778. The number of fused-ring (bicyclic) bond motifs is 1. The van der Waals surface area contributed by atoms with E-state index in [4.69, 9.17) is 4.74 Å². The maximum atomic E-state index is 9.29. The summed E-state index contributed by atoms with van der Waals surface area (Å²) in [4.78, 5) is 8.34. The third-order valence-electron chi connectivity index (χ3n) is 2.86. The predicted molar refractivity (Wildman–Crippen MR) is 72.0 cm³/mol. The van der Waals surface area contributed by atoms with Crippen LogP contribution in [-0.4, -0.2) is 15.1 Å². The maximum absolute atomic E-state index is 9.29. The molecule has 0 aliphatic heterocycles. The Balaban J connectivity index is 2.06. The molecule has 0 saturated heterocycles. The average molecular weight is 252 g/mol. The Bertz CT molecular complexity index is 708. The van der Waals surface area contributed by atoms with Gasteiger partial charge in [0.1, 0.15) is 5.52 Å². The summed E-state index contributed by atoms with van der Waals surface area (Å²) in [6.07, 6.45) is 4.94. The summed E-state index contributed by atoms with van der Waals surface area (Å²) in [5.41, 5.74) is 1.49. The normalized spacial score (nSPS) is 10.6. The maximum Gasteiger partial charge on any atom is 0.153 e. The summed E-state index contributed by atoms with van der Waals surface area (Å²) < 4.78 is 5.83. The van der Waals surface area contributed by atoms with Gasteiger partial charge in [0.05, 0.1) is 12.8 Å². The molecular weight excluding hydrogens is 240 g/mol. The van der Waals surface area contributed by atoms with Crippen molar-refractivity contribution < 1.29 is 9.84 Å². The topological polar surface area (TPSA) is 55.2 Å². The predicted octanol–water partition coefficient (Wildman–Crippen LogP) is 2.91. The first-order valence-corrected chi connectivity index (χ1v) is 5.94. The second-order valence-corrected chi connectivity index (χ2v) is 4.07. The molecule has 0 fully saturated rings. The number of aliphatic hydroxyl groups is 1. The van der Waals surface area contributed by atoms with Crippen LogP contribution in [0.3, 0.4) is 0 Å². The van der Waals surface area contributed by atoms with E-state index < -0.39 is 0 Å². The van der Waals surface area contributed by atoms with Crippen LogP contribution in [0.15, 0.2) is 55.0 Å². The van der Waals surface area contributed by atoms with E-state index in [0.29, 0.717) is 17.1 Å². The van der Waals surface area contributed by atoms with E-state index in [1.54, 1.807) is 24.7 Å². The van der Waals surface area contributed by atoms with E-state index in [9.17, 15) is 5.11 Å². The number of nitrogens with zero attached hydrogens (tertiary/aromatic N) is 2. The van der Waals surface area contributed by atoms with Gasteiger partial charge in [0.25, 0.3) is 0 Å². The van der Waals surface area contributed by atoms with Crippen LogP contribution in [-0.2, 0) is 6.61 Å². The van der Waals surface area contributed by atoms with Gasteiger partial charge in [-0.05, 0) is 18.2 Å². The Kier molecular flexibility index (Phi) is 3.08. The van der Waals surface area contributed by atoms with Crippen molar-refractivity contribution in [1.82, 2.24) is 9.97 Å². The van der Waals surface area contributed by atoms with Crippen LogP contribution in [0.4, 0.5) is 0 Å². The van der Waals surface area contributed by atoms with Crippen LogP contribution in [0.2, 0.25) is 0 Å². The zero-order valence-corrected chi connectivity index (χ0v) is 10.2. The molecule has 0 saturated carbocycles. The fourth-order valence-electron chi connectivity index (χ4n) is 1.91. The zero-order valence-electron chi connectivity index (χ0n) is 10.2. The first-order valence-electron chi connectivity index (χ1n) is 5.94. The lowest BCUT2D eigenvalue weighted by Crippen LogP contribution is -1.93. The fourth-order valence-corrected chi connectivity index (χ4v) is 1.91. The largest absolute Gasteiger partial charge is 0.453 e. The zero-order chi connectivity index (χ0) is 13.1. The molecule has 0 radical (unpaired) electrons. The molecule has 3 aromatic rings. The van der Waals surface area contributed by atoms with Crippen LogP contribution in [0.1, 0.15) is 5.56 Å². The molecule has 1 aromatic carbocycles. The van der Waals surface area contributed by atoms with Gasteiger partial charge in [0.15, 0.2) is 11.5 Å². The minimum absolute atomic E-state index is 0.0873. The van der Waals surface area contributed by atoms with Crippen LogP contribution < -0.4 is 4.74 Å². The molecule has 2 heterocycles. The Morgan fingerprint density at radius 1 is 1.00 bits per heavy atom. The average Bonchev–Trinajstić information content (AvgIpc) is 2.48. The molecule has 19 heavy (non-hydrogen) atoms. The molecule has 0 spiro atoms. The van der Waals surface area contributed by atoms with E-state index in [1.165, 1.54) is 0 Å². The number of hydrogen-bond acceptors (Lipinski definition) is 4. The lowest BCUT2D eigenvalue weighted by atomic mass is 10.2. The molecular formula is C15H12N2O2. The molecule has 0 aliphatic rings. The highest BCUT2D eigenvalue weighted by atomic mass is 16.5. The molecule has 0 atom stereocenters. The lowest BCUT2D eigenvalue weighted by Gasteiger charge is -2.10. The first kappa shape index (κ1) is 11.6. The molecule has 4 nitrogen and oxygen atoms in total. The van der Waals surface area contributed by atoms with E-state index in [0.717, 1.165) is 10.9 Å².